The van der Waals surface area contributed by atoms with Crippen LogP contribution in [-0.2, 0) is 6.61 Å². The van der Waals surface area contributed by atoms with E-state index in [1.807, 2.05) is 30.3 Å². The molecule has 0 atom stereocenters. The molecule has 0 amide bonds. The summed E-state index contributed by atoms with van der Waals surface area (Å²) in [6.07, 6.45) is 1.67. The van der Waals surface area contributed by atoms with Gasteiger partial charge >= 0.3 is 0 Å². The molecule has 0 spiro atoms. The van der Waals surface area contributed by atoms with Crippen LogP contribution in [0.1, 0.15) is 17.0 Å². The summed E-state index contributed by atoms with van der Waals surface area (Å²) in [5.41, 5.74) is 3.04. The molecular formula is C23H13Br2FN2O2. The second-order valence-electron chi connectivity index (χ2n) is 6.38. The Morgan fingerprint density at radius 3 is 2.63 bits per heavy atom. The van der Waals surface area contributed by atoms with E-state index in [0.29, 0.717) is 26.9 Å². The number of hydrogen-bond acceptors (Lipinski definition) is 4. The highest BCUT2D eigenvalue weighted by molar-refractivity contribution is 9.11. The zero-order chi connectivity index (χ0) is 21.1. The number of hydrogen-bond donors (Lipinski definition) is 0. The van der Waals surface area contributed by atoms with Crippen LogP contribution in [0.25, 0.3) is 22.7 Å². The SMILES string of the molecule is N#C/C(=C\c1cc(Br)cc(Br)c1OCc1ccc(F)cc1)c1nc2ccccc2o1. The lowest BCUT2D eigenvalue weighted by Crippen LogP contribution is -1.98. The molecule has 0 aliphatic heterocycles. The largest absolute Gasteiger partial charge is 0.487 e. The van der Waals surface area contributed by atoms with E-state index in [4.69, 9.17) is 9.15 Å². The van der Waals surface area contributed by atoms with E-state index < -0.39 is 0 Å². The van der Waals surface area contributed by atoms with Gasteiger partial charge in [-0.1, -0.05) is 40.2 Å². The number of ether oxygens (including phenoxy) is 1. The number of allylic oxidation sites excluding steroid dienone is 1. The molecule has 0 saturated heterocycles. The van der Waals surface area contributed by atoms with Gasteiger partial charge in [0.2, 0.25) is 5.89 Å². The number of benzene rings is 3. The van der Waals surface area contributed by atoms with Crippen LogP contribution in [0, 0.1) is 17.1 Å². The summed E-state index contributed by atoms with van der Waals surface area (Å²) in [6, 6.07) is 19.3. The molecule has 0 aliphatic carbocycles. The molecular weight excluding hydrogens is 515 g/mol. The maximum atomic E-state index is 13.1. The van der Waals surface area contributed by atoms with Crippen molar-refractivity contribution in [3.63, 3.8) is 0 Å². The first-order valence-electron chi connectivity index (χ1n) is 8.87. The highest BCUT2D eigenvalue weighted by Crippen LogP contribution is 2.36. The molecule has 0 aliphatic rings. The number of rotatable bonds is 5. The fraction of sp³-hybridized carbons (Fsp3) is 0.0435. The van der Waals surface area contributed by atoms with E-state index in [-0.39, 0.29) is 23.9 Å². The van der Waals surface area contributed by atoms with Crippen LogP contribution in [0.15, 0.2) is 74.0 Å². The number of halogens is 3. The Hall–Kier alpha value is -2.95. The molecule has 30 heavy (non-hydrogen) atoms. The average molecular weight is 528 g/mol. The summed E-state index contributed by atoms with van der Waals surface area (Å²) in [6.45, 7) is 0.242. The number of fused-ring (bicyclic) bond motifs is 1. The fourth-order valence-electron chi connectivity index (χ4n) is 2.86. The minimum atomic E-state index is -0.302. The molecule has 0 unspecified atom stereocenters. The molecule has 0 radical (unpaired) electrons. The van der Waals surface area contributed by atoms with Crippen molar-refractivity contribution in [3.8, 4) is 11.8 Å². The smallest absolute Gasteiger partial charge is 0.238 e. The molecule has 0 fully saturated rings. The first-order valence-corrected chi connectivity index (χ1v) is 10.5. The minimum absolute atomic E-state index is 0.235. The molecule has 4 nitrogen and oxygen atoms in total. The van der Waals surface area contributed by atoms with Gasteiger partial charge in [0, 0.05) is 10.0 Å². The molecule has 1 heterocycles. The standard InChI is InChI=1S/C23H13Br2FN2O2/c24-17-10-15(9-16(12-27)23-28-20-3-1-2-4-21(20)30-23)22(19(25)11-17)29-13-14-5-7-18(26)8-6-14/h1-11H,13H2/b16-9+. The first kappa shape index (κ1) is 20.3. The Labute approximate surface area is 188 Å². The van der Waals surface area contributed by atoms with Crippen molar-refractivity contribution in [1.82, 2.24) is 4.98 Å². The normalized spacial score (nSPS) is 11.5. The molecule has 0 N–H and O–H groups in total. The third-order valence-electron chi connectivity index (χ3n) is 4.28. The van der Waals surface area contributed by atoms with Crippen molar-refractivity contribution in [3.05, 3.63) is 92.4 Å². The summed E-state index contributed by atoms with van der Waals surface area (Å²) >= 11 is 6.98. The Morgan fingerprint density at radius 2 is 1.90 bits per heavy atom. The maximum absolute atomic E-state index is 13.1. The van der Waals surface area contributed by atoms with Crippen molar-refractivity contribution in [2.24, 2.45) is 0 Å². The van der Waals surface area contributed by atoms with Crippen LogP contribution in [-0.4, -0.2) is 4.98 Å². The van der Waals surface area contributed by atoms with E-state index in [1.54, 1.807) is 24.3 Å². The average Bonchev–Trinajstić information content (AvgIpc) is 3.16. The Morgan fingerprint density at radius 1 is 1.13 bits per heavy atom. The van der Waals surface area contributed by atoms with Crippen molar-refractivity contribution in [2.75, 3.05) is 0 Å². The van der Waals surface area contributed by atoms with Crippen LogP contribution in [0.4, 0.5) is 4.39 Å². The van der Waals surface area contributed by atoms with Crippen molar-refractivity contribution in [2.45, 2.75) is 6.61 Å². The predicted octanol–water partition coefficient (Wildman–Crippen LogP) is 7.14. The summed E-state index contributed by atoms with van der Waals surface area (Å²) in [7, 11) is 0. The van der Waals surface area contributed by atoms with Gasteiger partial charge in [0.25, 0.3) is 0 Å². The predicted molar refractivity (Wildman–Crippen MR) is 120 cm³/mol. The van der Waals surface area contributed by atoms with Crippen LogP contribution >= 0.6 is 31.9 Å². The lowest BCUT2D eigenvalue weighted by atomic mass is 10.1. The van der Waals surface area contributed by atoms with Gasteiger partial charge in [-0.3, -0.25) is 0 Å². The summed E-state index contributed by atoms with van der Waals surface area (Å²) in [5, 5.41) is 9.71. The third-order valence-corrected chi connectivity index (χ3v) is 5.32. The van der Waals surface area contributed by atoms with Gasteiger partial charge in [0.1, 0.15) is 35.3 Å². The van der Waals surface area contributed by atoms with Crippen LogP contribution < -0.4 is 4.74 Å². The highest BCUT2D eigenvalue weighted by Gasteiger charge is 2.15. The van der Waals surface area contributed by atoms with Crippen molar-refractivity contribution < 1.29 is 13.5 Å². The third kappa shape index (κ3) is 4.45. The van der Waals surface area contributed by atoms with Crippen LogP contribution in [0.5, 0.6) is 5.75 Å². The van der Waals surface area contributed by atoms with Gasteiger partial charge in [-0.05, 0) is 64.0 Å². The maximum Gasteiger partial charge on any atom is 0.238 e. The second kappa shape index (κ2) is 8.82. The molecule has 3 aromatic carbocycles. The highest BCUT2D eigenvalue weighted by atomic mass is 79.9. The summed E-state index contributed by atoms with van der Waals surface area (Å²) in [5.74, 6) is 0.481. The number of oxazole rings is 1. The molecule has 0 bridgehead atoms. The Kier molecular flexibility index (Phi) is 5.98. The second-order valence-corrected chi connectivity index (χ2v) is 8.15. The zero-order valence-electron chi connectivity index (χ0n) is 15.4. The monoisotopic (exact) mass is 526 g/mol. The summed E-state index contributed by atoms with van der Waals surface area (Å²) < 4.78 is 26.4. The van der Waals surface area contributed by atoms with Gasteiger partial charge in [-0.25, -0.2) is 9.37 Å². The Balaban J connectivity index is 1.71. The van der Waals surface area contributed by atoms with E-state index in [2.05, 4.69) is 42.9 Å². The molecule has 0 saturated carbocycles. The lowest BCUT2D eigenvalue weighted by Gasteiger charge is -2.12. The molecule has 1 aromatic heterocycles. The van der Waals surface area contributed by atoms with E-state index in [1.165, 1.54) is 12.1 Å². The van der Waals surface area contributed by atoms with Gasteiger partial charge in [-0.2, -0.15) is 5.26 Å². The fourth-order valence-corrected chi connectivity index (χ4v) is 4.23. The number of nitriles is 1. The minimum Gasteiger partial charge on any atom is -0.487 e. The van der Waals surface area contributed by atoms with E-state index in [0.717, 1.165) is 10.0 Å². The molecule has 4 rings (SSSR count). The van der Waals surface area contributed by atoms with Crippen LogP contribution in [0.3, 0.4) is 0 Å². The van der Waals surface area contributed by atoms with Crippen molar-refractivity contribution >= 4 is 54.6 Å². The van der Waals surface area contributed by atoms with Crippen LogP contribution in [0.2, 0.25) is 0 Å². The van der Waals surface area contributed by atoms with Gasteiger partial charge in [-0.15, -0.1) is 0 Å². The summed E-state index contributed by atoms with van der Waals surface area (Å²) in [4.78, 5) is 4.40. The van der Waals surface area contributed by atoms with Gasteiger partial charge in [0.05, 0.1) is 4.47 Å². The number of aromatic nitrogens is 1. The van der Waals surface area contributed by atoms with Crippen molar-refractivity contribution in [1.29, 1.82) is 5.26 Å². The van der Waals surface area contributed by atoms with E-state index in [9.17, 15) is 9.65 Å². The molecule has 4 aromatic rings. The topological polar surface area (TPSA) is 59.0 Å². The molecule has 7 heteroatoms. The lowest BCUT2D eigenvalue weighted by molar-refractivity contribution is 0.303. The number of para-hydroxylation sites is 2. The Bertz CT molecular complexity index is 1260. The number of nitrogens with zero attached hydrogens (tertiary/aromatic N) is 2. The zero-order valence-corrected chi connectivity index (χ0v) is 18.6. The van der Waals surface area contributed by atoms with Gasteiger partial charge < -0.3 is 9.15 Å². The van der Waals surface area contributed by atoms with Gasteiger partial charge in [0.15, 0.2) is 5.58 Å². The first-order chi connectivity index (χ1) is 14.5. The molecule has 148 valence electrons. The van der Waals surface area contributed by atoms with E-state index >= 15 is 0 Å². The quantitative estimate of drug-likeness (QED) is 0.259.